The fraction of sp³-hybridized carbons (Fsp3) is 0. The van der Waals surface area contributed by atoms with Crippen molar-refractivity contribution in [1.29, 1.82) is 0 Å². The largest absolute Gasteiger partial charge is 0.456 e. The highest BCUT2D eigenvalue weighted by atomic mass is 32.1. The van der Waals surface area contributed by atoms with Crippen molar-refractivity contribution in [3.63, 3.8) is 0 Å². The zero-order valence-corrected chi connectivity index (χ0v) is 71.4. The summed E-state index contributed by atoms with van der Waals surface area (Å²) in [5, 5.41) is 28.3. The van der Waals surface area contributed by atoms with Gasteiger partial charge in [-0.15, -0.1) is 34.0 Å². The Morgan fingerprint density at radius 1 is 0.164 bits per heavy atom. The molecule has 0 radical (unpaired) electrons. The molecule has 0 aliphatic heterocycles. The Morgan fingerprint density at radius 3 is 0.891 bits per heavy atom. The zero-order chi connectivity index (χ0) is 83.8. The molecule has 8 heteroatoms. The van der Waals surface area contributed by atoms with Gasteiger partial charge in [-0.2, -0.15) is 0 Å². The number of aromatic nitrogens is 4. The summed E-state index contributed by atoms with van der Waals surface area (Å²) in [6, 6.07) is 159. The summed E-state index contributed by atoms with van der Waals surface area (Å²) < 4.78 is 24.0. The first kappa shape index (κ1) is 72.5. The summed E-state index contributed by atoms with van der Waals surface area (Å²) in [7, 11) is 0. The lowest BCUT2D eigenvalue weighted by Gasteiger charge is -2.13. The van der Waals surface area contributed by atoms with E-state index in [1.807, 2.05) is 46.1 Å². The van der Waals surface area contributed by atoms with E-state index >= 15 is 0 Å². The van der Waals surface area contributed by atoms with Gasteiger partial charge in [0.25, 0.3) is 0 Å². The molecule has 0 unspecified atom stereocenters. The van der Waals surface area contributed by atoms with E-state index in [1.165, 1.54) is 231 Å². The average molecular weight is 1680 g/mol. The maximum Gasteiger partial charge on any atom is 0.135 e. The lowest BCUT2D eigenvalue weighted by Crippen LogP contribution is -1.97. The summed E-state index contributed by atoms with van der Waals surface area (Å²) >= 11 is 5.69. The normalized spacial score (nSPS) is 12.1. The van der Waals surface area contributed by atoms with Crippen LogP contribution in [-0.2, 0) is 0 Å². The third-order valence-corrected chi connectivity index (χ3v) is 30.2. The number of rotatable bonds is 7. The van der Waals surface area contributed by atoms with E-state index in [2.05, 4.69) is 443 Å². The van der Waals surface area contributed by atoms with Crippen molar-refractivity contribution in [2.75, 3.05) is 0 Å². The third kappa shape index (κ3) is 11.2. The molecule has 29 rings (SSSR count). The third-order valence-electron chi connectivity index (χ3n) is 26.7. The van der Waals surface area contributed by atoms with E-state index in [9.17, 15) is 0 Å². The van der Waals surface area contributed by atoms with Crippen LogP contribution >= 0.6 is 34.0 Å². The van der Waals surface area contributed by atoms with Gasteiger partial charge >= 0.3 is 0 Å². The molecule has 0 N–H and O–H groups in total. The quantitative estimate of drug-likeness (QED) is 0.157. The van der Waals surface area contributed by atoms with Crippen LogP contribution in [-0.4, -0.2) is 18.3 Å². The molecule has 0 amide bonds. The van der Waals surface area contributed by atoms with E-state index in [-0.39, 0.29) is 0 Å². The van der Waals surface area contributed by atoms with Gasteiger partial charge < -0.3 is 22.7 Å². The predicted octanol–water partition coefficient (Wildman–Crippen LogP) is 34.9. The molecule has 0 saturated carbocycles. The molecule has 128 heavy (non-hydrogen) atoms. The van der Waals surface area contributed by atoms with E-state index in [4.69, 9.17) is 4.42 Å². The highest BCUT2D eigenvalue weighted by Gasteiger charge is 2.26. The van der Waals surface area contributed by atoms with E-state index < -0.39 is 0 Å². The van der Waals surface area contributed by atoms with Gasteiger partial charge in [-0.25, -0.2) is 0 Å². The molecule has 596 valence electrons. The van der Waals surface area contributed by atoms with Crippen molar-refractivity contribution in [3.05, 3.63) is 437 Å². The number of para-hydroxylation sites is 3. The van der Waals surface area contributed by atoms with Gasteiger partial charge in [0.2, 0.25) is 0 Å². The first-order valence-corrected chi connectivity index (χ1v) is 46.1. The van der Waals surface area contributed by atoms with Crippen LogP contribution in [0.1, 0.15) is 0 Å². The van der Waals surface area contributed by atoms with Crippen LogP contribution in [0.2, 0.25) is 0 Å². The molecule has 0 aliphatic carbocycles. The number of benzene rings is 21. The highest BCUT2D eigenvalue weighted by Crippen LogP contribution is 2.51. The van der Waals surface area contributed by atoms with Crippen LogP contribution in [0.3, 0.4) is 0 Å². The number of nitrogens with zero attached hydrogens (tertiary/aromatic N) is 4. The maximum atomic E-state index is 6.16. The minimum Gasteiger partial charge on any atom is -0.456 e. The molecule has 0 spiro atoms. The smallest absolute Gasteiger partial charge is 0.135 e. The second kappa shape index (κ2) is 28.8. The molecule has 21 aromatic carbocycles. The Kier molecular flexibility index (Phi) is 16.3. The summed E-state index contributed by atoms with van der Waals surface area (Å²) in [6.45, 7) is 0. The van der Waals surface area contributed by atoms with E-state index in [0.29, 0.717) is 0 Å². The summed E-state index contributed by atoms with van der Waals surface area (Å²) in [5.41, 5.74) is 23.8. The SMILES string of the molecule is c1ccc(-c2cc(-c3ccccc3)cc(-c3ccc(-n4c5ccc6ccccc6c5c5ccc6c7ccccc7sc6c54)cc3)c2)cc1.c1ccc2c(c1)ccc1c2c2ccc3c4ccccc4sc3c2n1-c1ccc(-n2c3ccccc3c3ccccc32)cc1.c1ccc2c(c1)ccc1c2c2ccc3c4ccccc4sc3c2n1-c1ccc2oc3ccccc3c2c1. The summed E-state index contributed by atoms with van der Waals surface area (Å²) in [6.07, 6.45) is 0. The minimum atomic E-state index is 0.920. The zero-order valence-electron chi connectivity index (χ0n) is 69.0. The molecular formula is C120H72N4OS3. The molecule has 0 fully saturated rings. The molecule has 8 aromatic heterocycles. The van der Waals surface area contributed by atoms with Crippen LogP contribution in [0.5, 0.6) is 0 Å². The van der Waals surface area contributed by atoms with Crippen LogP contribution in [0.15, 0.2) is 441 Å². The number of fused-ring (bicyclic) bond motifs is 33. The Bertz CT molecular complexity index is 9540. The molecule has 0 bridgehead atoms. The topological polar surface area (TPSA) is 32.9 Å². The van der Waals surface area contributed by atoms with Crippen LogP contribution < -0.4 is 0 Å². The molecule has 0 atom stereocenters. The van der Waals surface area contributed by atoms with Gasteiger partial charge in [-0.1, -0.05) is 309 Å². The van der Waals surface area contributed by atoms with Crippen molar-refractivity contribution < 1.29 is 4.42 Å². The van der Waals surface area contributed by atoms with Crippen LogP contribution in [0, 0.1) is 0 Å². The van der Waals surface area contributed by atoms with Crippen molar-refractivity contribution in [2.24, 2.45) is 0 Å². The second-order valence-electron chi connectivity index (χ2n) is 33.6. The lowest BCUT2D eigenvalue weighted by atomic mass is 9.93. The first-order valence-electron chi connectivity index (χ1n) is 43.7. The van der Waals surface area contributed by atoms with Crippen molar-refractivity contribution in [3.8, 4) is 56.1 Å². The second-order valence-corrected chi connectivity index (χ2v) is 36.8. The first-order chi connectivity index (χ1) is 63.5. The Labute approximate surface area is 745 Å². The maximum absolute atomic E-state index is 6.16. The van der Waals surface area contributed by atoms with Gasteiger partial charge in [0, 0.05) is 123 Å². The minimum absolute atomic E-state index is 0.920. The fourth-order valence-corrected chi connectivity index (χ4v) is 24.7. The van der Waals surface area contributed by atoms with Crippen LogP contribution in [0.4, 0.5) is 0 Å². The highest BCUT2D eigenvalue weighted by molar-refractivity contribution is 7.27. The molecule has 5 nitrogen and oxygen atoms in total. The lowest BCUT2D eigenvalue weighted by molar-refractivity contribution is 0.669. The molecule has 0 saturated heterocycles. The Hall–Kier alpha value is -15.9. The van der Waals surface area contributed by atoms with E-state index in [0.717, 1.165) is 27.6 Å². The molecule has 29 aromatic rings. The van der Waals surface area contributed by atoms with Gasteiger partial charge in [0.15, 0.2) is 0 Å². The molecular weight excluding hydrogens is 1610 g/mol. The number of hydrogen-bond acceptors (Lipinski definition) is 4. The number of hydrogen-bond donors (Lipinski definition) is 0. The van der Waals surface area contributed by atoms with E-state index in [1.54, 1.807) is 0 Å². The van der Waals surface area contributed by atoms with Crippen LogP contribution in [0.25, 0.3) is 258 Å². The van der Waals surface area contributed by atoms with Gasteiger partial charge in [0.05, 0.1) is 58.2 Å². The standard InChI is InChI=1S/C46H29NS.C40H24N2S.C34H19NOS/c1-3-11-30(12-4-1)34-27-35(31-13-5-2-6-14-31)29-36(28-34)32-19-22-37(23-20-32)47-42-26-21-33-15-7-8-16-38(33)44(42)41-25-24-40-39-17-9-10-18-43(39)48-46(40)45(41)47;1-2-10-28-25(9-1)17-24-36-38(28)33-23-22-32-31-13-5-8-16-37(31)43-40(32)39(33)42(36)27-20-18-26(19-21-27)41-34-14-6-3-11-29(34)30-12-4-7-15-35(30)41;1-2-8-22-20(7-1)13-17-28-32(22)26-16-15-25-24-10-4-6-12-31(24)37-34(25)33(26)35(28)21-14-18-30-27(19-21)23-9-3-5-11-29(23)36-30/h1-29H;1-24H;1-19H. The molecule has 8 heterocycles. The fourth-order valence-electron chi connectivity index (χ4n) is 20.9. The number of furan rings is 1. The summed E-state index contributed by atoms with van der Waals surface area (Å²) in [4.78, 5) is 0. The molecule has 0 aliphatic rings. The van der Waals surface area contributed by atoms with Crippen molar-refractivity contribution in [1.82, 2.24) is 18.3 Å². The predicted molar refractivity (Wildman–Crippen MR) is 551 cm³/mol. The Morgan fingerprint density at radius 2 is 0.469 bits per heavy atom. The number of thiophene rings is 3. The average Bonchev–Trinajstić information content (AvgIpc) is 1.57. The van der Waals surface area contributed by atoms with Gasteiger partial charge in [-0.3, -0.25) is 0 Å². The summed E-state index contributed by atoms with van der Waals surface area (Å²) in [5.74, 6) is 0. The van der Waals surface area contributed by atoms with Gasteiger partial charge in [-0.05, 0) is 193 Å². The van der Waals surface area contributed by atoms with Crippen molar-refractivity contribution in [2.45, 2.75) is 0 Å². The van der Waals surface area contributed by atoms with Gasteiger partial charge in [0.1, 0.15) is 11.2 Å². The monoisotopic (exact) mass is 1680 g/mol. The Balaban J connectivity index is 0.000000100. The van der Waals surface area contributed by atoms with Crippen molar-refractivity contribution >= 4 is 236 Å².